The van der Waals surface area contributed by atoms with Gasteiger partial charge in [-0.3, -0.25) is 0 Å². The molecule has 68 valence electrons. The molecule has 1 fully saturated rings. The third kappa shape index (κ3) is 1.42. The Hall–Kier alpha value is -1.71. The Kier molecular flexibility index (Phi) is 1.81. The lowest BCUT2D eigenvalue weighted by Gasteiger charge is -2.08. The Morgan fingerprint density at radius 3 is 2.85 bits per heavy atom. The normalized spacial score (nSPS) is 20.9. The van der Waals surface area contributed by atoms with Gasteiger partial charge in [0.2, 0.25) is 0 Å². The summed E-state index contributed by atoms with van der Waals surface area (Å²) in [5, 5.41) is 12.0. The Bertz CT molecular complexity index is 337. The van der Waals surface area contributed by atoms with Gasteiger partial charge in [-0.2, -0.15) is 0 Å². The maximum absolute atomic E-state index is 10.7. The molecule has 4 heteroatoms. The second-order valence-corrected chi connectivity index (χ2v) is 2.85. The summed E-state index contributed by atoms with van der Waals surface area (Å²) < 4.78 is 4.71. The summed E-state index contributed by atoms with van der Waals surface area (Å²) in [6.45, 7) is 0.274. The Balaban J connectivity index is 2.26. The van der Waals surface area contributed by atoms with Crippen molar-refractivity contribution in [1.82, 2.24) is 5.32 Å². The van der Waals surface area contributed by atoms with Gasteiger partial charge in [-0.05, 0) is 6.07 Å². The first-order valence-electron chi connectivity index (χ1n) is 3.98. The number of para-hydroxylation sites is 1. The summed E-state index contributed by atoms with van der Waals surface area (Å²) in [5.74, 6) is 0.179. The number of benzene rings is 1. The van der Waals surface area contributed by atoms with Gasteiger partial charge in [-0.1, -0.05) is 18.2 Å². The van der Waals surface area contributed by atoms with Crippen LogP contribution in [0.25, 0.3) is 0 Å². The van der Waals surface area contributed by atoms with Gasteiger partial charge in [0, 0.05) is 5.56 Å². The van der Waals surface area contributed by atoms with Crippen LogP contribution in [0.2, 0.25) is 0 Å². The molecule has 1 atom stereocenters. The van der Waals surface area contributed by atoms with E-state index in [-0.39, 0.29) is 18.4 Å². The highest BCUT2D eigenvalue weighted by Crippen LogP contribution is 2.25. The van der Waals surface area contributed by atoms with Gasteiger partial charge in [0.25, 0.3) is 0 Å². The number of carbonyl (C=O) groups excluding carboxylic acids is 1. The average molecular weight is 179 g/mol. The van der Waals surface area contributed by atoms with Gasteiger partial charge < -0.3 is 15.2 Å². The molecule has 1 amide bonds. The molecule has 1 aromatic carbocycles. The van der Waals surface area contributed by atoms with Crippen molar-refractivity contribution in [2.45, 2.75) is 6.04 Å². The molecule has 1 saturated heterocycles. The zero-order chi connectivity index (χ0) is 9.26. The number of alkyl carbamates (subject to hydrolysis) is 1. The first-order chi connectivity index (χ1) is 6.27. The number of phenolic OH excluding ortho intramolecular Hbond substituents is 1. The second-order valence-electron chi connectivity index (χ2n) is 2.85. The lowest BCUT2D eigenvalue weighted by atomic mass is 10.1. The fourth-order valence-electron chi connectivity index (χ4n) is 1.33. The van der Waals surface area contributed by atoms with Gasteiger partial charge in [0.15, 0.2) is 0 Å². The Morgan fingerprint density at radius 2 is 2.23 bits per heavy atom. The van der Waals surface area contributed by atoms with Crippen LogP contribution in [-0.2, 0) is 4.74 Å². The molecule has 1 aliphatic rings. The van der Waals surface area contributed by atoms with E-state index in [1.807, 2.05) is 0 Å². The molecule has 2 rings (SSSR count). The van der Waals surface area contributed by atoms with Crippen molar-refractivity contribution in [2.24, 2.45) is 0 Å². The standard InChI is InChI=1S/C9H9NO3/c11-8-4-2-1-3-6(8)7-5-13-9(12)10-7/h1-4,7,11H,5H2,(H,10,12)/t7-/m1/s1. The molecule has 1 aromatic rings. The molecule has 1 heterocycles. The summed E-state index contributed by atoms with van der Waals surface area (Å²) in [6.07, 6.45) is -0.437. The predicted molar refractivity (Wildman–Crippen MR) is 45.3 cm³/mol. The average Bonchev–Trinajstić information content (AvgIpc) is 2.53. The molecule has 0 saturated carbocycles. The van der Waals surface area contributed by atoms with Gasteiger partial charge in [0.1, 0.15) is 12.4 Å². The summed E-state index contributed by atoms with van der Waals surface area (Å²) in [7, 11) is 0. The highest BCUT2D eigenvalue weighted by Gasteiger charge is 2.25. The number of hydrogen-bond donors (Lipinski definition) is 2. The number of rotatable bonds is 1. The summed E-state index contributed by atoms with van der Waals surface area (Å²) in [4.78, 5) is 10.7. The van der Waals surface area contributed by atoms with E-state index in [0.29, 0.717) is 5.56 Å². The fraction of sp³-hybridized carbons (Fsp3) is 0.222. The van der Waals surface area contributed by atoms with Crippen molar-refractivity contribution in [1.29, 1.82) is 0 Å². The molecule has 13 heavy (non-hydrogen) atoms. The molecule has 0 aliphatic carbocycles. The van der Waals surface area contributed by atoms with Gasteiger partial charge >= 0.3 is 6.09 Å². The van der Waals surface area contributed by atoms with Crippen LogP contribution in [-0.4, -0.2) is 17.8 Å². The largest absolute Gasteiger partial charge is 0.508 e. The van der Waals surface area contributed by atoms with Crippen LogP contribution in [0.1, 0.15) is 11.6 Å². The molecule has 4 nitrogen and oxygen atoms in total. The van der Waals surface area contributed by atoms with Crippen LogP contribution in [0.5, 0.6) is 5.75 Å². The molecule has 0 unspecified atom stereocenters. The number of phenols is 1. The molecule has 2 N–H and O–H groups in total. The topological polar surface area (TPSA) is 58.6 Å². The van der Waals surface area contributed by atoms with Gasteiger partial charge in [0.05, 0.1) is 6.04 Å². The lowest BCUT2D eigenvalue weighted by molar-refractivity contribution is 0.177. The summed E-state index contributed by atoms with van der Waals surface area (Å²) in [5.41, 5.74) is 0.688. The number of hydrogen-bond acceptors (Lipinski definition) is 3. The summed E-state index contributed by atoms with van der Waals surface area (Å²) >= 11 is 0. The summed E-state index contributed by atoms with van der Waals surface area (Å²) in [6, 6.07) is 6.65. The molecule has 0 radical (unpaired) electrons. The number of aromatic hydroxyl groups is 1. The van der Waals surface area contributed by atoms with E-state index >= 15 is 0 Å². The zero-order valence-electron chi connectivity index (χ0n) is 6.86. The van der Waals surface area contributed by atoms with Crippen molar-refractivity contribution in [3.05, 3.63) is 29.8 Å². The third-order valence-corrected chi connectivity index (χ3v) is 1.99. The zero-order valence-corrected chi connectivity index (χ0v) is 6.86. The van der Waals surface area contributed by atoms with Crippen LogP contribution < -0.4 is 5.32 Å². The minimum atomic E-state index is -0.437. The number of cyclic esters (lactones) is 1. The smallest absolute Gasteiger partial charge is 0.407 e. The van der Waals surface area contributed by atoms with E-state index in [0.717, 1.165) is 0 Å². The maximum atomic E-state index is 10.7. The van der Waals surface area contributed by atoms with Crippen molar-refractivity contribution in [3.8, 4) is 5.75 Å². The predicted octanol–water partition coefficient (Wildman–Crippen LogP) is 1.17. The Morgan fingerprint density at radius 1 is 1.46 bits per heavy atom. The van der Waals surface area contributed by atoms with Crippen LogP contribution in [0.4, 0.5) is 4.79 Å². The van der Waals surface area contributed by atoms with Gasteiger partial charge in [-0.15, -0.1) is 0 Å². The highest BCUT2D eigenvalue weighted by molar-refractivity contribution is 5.70. The van der Waals surface area contributed by atoms with E-state index < -0.39 is 6.09 Å². The first-order valence-corrected chi connectivity index (χ1v) is 3.98. The maximum Gasteiger partial charge on any atom is 0.407 e. The first kappa shape index (κ1) is 7.91. The molecule has 0 bridgehead atoms. The molecular weight excluding hydrogens is 170 g/mol. The molecule has 1 aliphatic heterocycles. The molecule has 0 aromatic heterocycles. The van der Waals surface area contributed by atoms with Crippen LogP contribution >= 0.6 is 0 Å². The Labute approximate surface area is 75.1 Å². The van der Waals surface area contributed by atoms with Crippen molar-refractivity contribution < 1.29 is 14.6 Å². The van der Waals surface area contributed by atoms with Crippen molar-refractivity contribution >= 4 is 6.09 Å². The fourth-order valence-corrected chi connectivity index (χ4v) is 1.33. The van der Waals surface area contributed by atoms with E-state index in [1.165, 1.54) is 0 Å². The van der Waals surface area contributed by atoms with E-state index in [9.17, 15) is 9.90 Å². The third-order valence-electron chi connectivity index (χ3n) is 1.99. The highest BCUT2D eigenvalue weighted by atomic mass is 16.6. The number of ether oxygens (including phenoxy) is 1. The van der Waals surface area contributed by atoms with Crippen LogP contribution in [0.3, 0.4) is 0 Å². The SMILES string of the molecule is O=C1N[C@@H](c2ccccc2O)CO1. The molecule has 0 spiro atoms. The van der Waals surface area contributed by atoms with Crippen LogP contribution in [0.15, 0.2) is 24.3 Å². The van der Waals surface area contributed by atoms with Gasteiger partial charge in [-0.25, -0.2) is 4.79 Å². The molecular formula is C9H9NO3. The number of nitrogens with one attached hydrogen (secondary N) is 1. The quantitative estimate of drug-likeness (QED) is 0.680. The van der Waals surface area contributed by atoms with Crippen LogP contribution in [0, 0.1) is 0 Å². The minimum absolute atomic E-state index is 0.179. The lowest BCUT2D eigenvalue weighted by Crippen LogP contribution is -2.18. The van der Waals surface area contributed by atoms with Crippen molar-refractivity contribution in [3.63, 3.8) is 0 Å². The van der Waals surface area contributed by atoms with E-state index in [1.54, 1.807) is 24.3 Å². The minimum Gasteiger partial charge on any atom is -0.508 e. The number of amides is 1. The monoisotopic (exact) mass is 179 g/mol. The van der Waals surface area contributed by atoms with Crippen molar-refractivity contribution in [2.75, 3.05) is 6.61 Å². The second kappa shape index (κ2) is 2.97. The van der Waals surface area contributed by atoms with E-state index in [2.05, 4.69) is 5.32 Å². The van der Waals surface area contributed by atoms with E-state index in [4.69, 9.17) is 4.74 Å². The number of carbonyl (C=O) groups is 1.